The van der Waals surface area contributed by atoms with Crippen molar-refractivity contribution >= 4 is 0 Å². The maximum absolute atomic E-state index is 13.9. The van der Waals surface area contributed by atoms with Crippen LogP contribution >= 0.6 is 0 Å². The Labute approximate surface area is 212 Å². The van der Waals surface area contributed by atoms with E-state index in [1.165, 1.54) is 63.4 Å². The quantitative estimate of drug-likeness (QED) is 0.174. The van der Waals surface area contributed by atoms with E-state index in [0.29, 0.717) is 50.3 Å². The zero-order valence-corrected chi connectivity index (χ0v) is 22.0. The first-order chi connectivity index (χ1) is 17.1. The standard InChI is InChI=1S/C30H46F2N2O/c1-3-5-6-7-8-9-10-11-12-14-25-23-33-30(34-24-25)26-17-19-29(20-18-26)35-22-21-28(32)16-13-15-27(31)4-2/h17-20,23-24,27-28H,3-16,21-22H2,1-2H3. The van der Waals surface area contributed by atoms with E-state index in [1.54, 1.807) is 0 Å². The van der Waals surface area contributed by atoms with Gasteiger partial charge in [-0.2, -0.15) is 0 Å². The first-order valence-corrected chi connectivity index (χ1v) is 13.9. The summed E-state index contributed by atoms with van der Waals surface area (Å²) in [7, 11) is 0. The van der Waals surface area contributed by atoms with Crippen LogP contribution in [0.25, 0.3) is 11.4 Å². The lowest BCUT2D eigenvalue weighted by molar-refractivity contribution is 0.214. The molecule has 1 aromatic carbocycles. The highest BCUT2D eigenvalue weighted by molar-refractivity contribution is 5.55. The number of aryl methyl sites for hydroxylation is 1. The predicted octanol–water partition coefficient (Wildman–Crippen LogP) is 9.24. The predicted molar refractivity (Wildman–Crippen MR) is 142 cm³/mol. The highest BCUT2D eigenvalue weighted by Gasteiger charge is 2.10. The average Bonchev–Trinajstić information content (AvgIpc) is 2.88. The van der Waals surface area contributed by atoms with E-state index in [9.17, 15) is 8.78 Å². The molecule has 0 saturated carbocycles. The molecule has 0 radical (unpaired) electrons. The summed E-state index contributed by atoms with van der Waals surface area (Å²) in [6.07, 6.45) is 17.4. The molecule has 0 spiro atoms. The molecule has 2 rings (SSSR count). The summed E-state index contributed by atoms with van der Waals surface area (Å²) >= 11 is 0. The Morgan fingerprint density at radius 3 is 1.94 bits per heavy atom. The van der Waals surface area contributed by atoms with Crippen LogP contribution in [0.15, 0.2) is 36.7 Å². The Hall–Kier alpha value is -2.04. The van der Waals surface area contributed by atoms with E-state index in [0.717, 1.165) is 12.0 Å². The monoisotopic (exact) mass is 488 g/mol. The Morgan fingerprint density at radius 2 is 1.31 bits per heavy atom. The molecule has 0 fully saturated rings. The third kappa shape index (κ3) is 13.0. The van der Waals surface area contributed by atoms with E-state index in [1.807, 2.05) is 43.6 Å². The molecule has 3 nitrogen and oxygen atoms in total. The SMILES string of the molecule is CCCCCCCCCCCc1cnc(-c2ccc(OCCC(F)CCCC(F)CC)cc2)nc1. The molecule has 0 saturated heterocycles. The fourth-order valence-corrected chi connectivity index (χ4v) is 4.19. The zero-order valence-electron chi connectivity index (χ0n) is 22.0. The molecule has 0 aliphatic carbocycles. The van der Waals surface area contributed by atoms with E-state index >= 15 is 0 Å². The fraction of sp³-hybridized carbons (Fsp3) is 0.667. The van der Waals surface area contributed by atoms with Crippen LogP contribution in [-0.2, 0) is 6.42 Å². The normalized spacial score (nSPS) is 13.0. The molecule has 35 heavy (non-hydrogen) atoms. The number of hydrogen-bond acceptors (Lipinski definition) is 3. The van der Waals surface area contributed by atoms with Gasteiger partial charge in [0, 0.05) is 24.4 Å². The van der Waals surface area contributed by atoms with Crippen molar-refractivity contribution in [1.82, 2.24) is 9.97 Å². The van der Waals surface area contributed by atoms with E-state index in [-0.39, 0.29) is 0 Å². The number of ether oxygens (including phenoxy) is 1. The van der Waals surface area contributed by atoms with Gasteiger partial charge in [-0.1, -0.05) is 65.2 Å². The van der Waals surface area contributed by atoms with Gasteiger partial charge in [0.05, 0.1) is 12.8 Å². The fourth-order valence-electron chi connectivity index (χ4n) is 4.19. The first-order valence-electron chi connectivity index (χ1n) is 13.9. The van der Waals surface area contributed by atoms with Gasteiger partial charge in [0.2, 0.25) is 0 Å². The lowest BCUT2D eigenvalue weighted by atomic mass is 10.1. The smallest absolute Gasteiger partial charge is 0.159 e. The summed E-state index contributed by atoms with van der Waals surface area (Å²) < 4.78 is 32.8. The molecule has 2 aromatic rings. The minimum atomic E-state index is -0.944. The molecule has 0 bridgehead atoms. The Balaban J connectivity index is 1.62. The number of rotatable bonds is 20. The van der Waals surface area contributed by atoms with Gasteiger partial charge in [-0.15, -0.1) is 0 Å². The second kappa shape index (κ2) is 18.3. The van der Waals surface area contributed by atoms with E-state index in [4.69, 9.17) is 4.74 Å². The molecule has 5 heteroatoms. The molecule has 2 atom stereocenters. The van der Waals surface area contributed by atoms with Crippen LogP contribution in [0, 0.1) is 0 Å². The van der Waals surface area contributed by atoms with Crippen molar-refractivity contribution in [3.63, 3.8) is 0 Å². The first kappa shape index (κ1) is 29.2. The van der Waals surface area contributed by atoms with Crippen LogP contribution in [0.3, 0.4) is 0 Å². The third-order valence-electron chi connectivity index (χ3n) is 6.56. The van der Waals surface area contributed by atoms with Crippen LogP contribution in [0.1, 0.15) is 109 Å². The number of unbranched alkanes of at least 4 members (excludes halogenated alkanes) is 8. The maximum atomic E-state index is 13.9. The Kier molecular flexibility index (Phi) is 15.2. The Morgan fingerprint density at radius 1 is 0.714 bits per heavy atom. The molecule has 0 aliphatic heterocycles. The molecule has 0 aliphatic rings. The molecule has 0 amide bonds. The lowest BCUT2D eigenvalue weighted by Gasteiger charge is -2.11. The van der Waals surface area contributed by atoms with Gasteiger partial charge in [0.15, 0.2) is 5.82 Å². The molecule has 0 N–H and O–H groups in total. The molecule has 1 aromatic heterocycles. The van der Waals surface area contributed by atoms with Gasteiger partial charge in [0.25, 0.3) is 0 Å². The summed E-state index contributed by atoms with van der Waals surface area (Å²) in [5.41, 5.74) is 2.13. The van der Waals surface area contributed by atoms with Gasteiger partial charge in [-0.05, 0) is 68.4 Å². The summed E-state index contributed by atoms with van der Waals surface area (Å²) in [6.45, 7) is 4.39. The van der Waals surface area contributed by atoms with Crippen LogP contribution < -0.4 is 4.74 Å². The average molecular weight is 489 g/mol. The van der Waals surface area contributed by atoms with Crippen molar-refractivity contribution in [3.05, 3.63) is 42.2 Å². The largest absolute Gasteiger partial charge is 0.493 e. The highest BCUT2D eigenvalue weighted by atomic mass is 19.1. The molecule has 196 valence electrons. The molecular weight excluding hydrogens is 442 g/mol. The van der Waals surface area contributed by atoms with E-state index < -0.39 is 12.3 Å². The number of hydrogen-bond donors (Lipinski definition) is 0. The van der Waals surface area contributed by atoms with Crippen molar-refractivity contribution in [2.75, 3.05) is 6.61 Å². The van der Waals surface area contributed by atoms with Crippen LogP contribution in [-0.4, -0.2) is 28.9 Å². The number of alkyl halides is 2. The van der Waals surface area contributed by atoms with Gasteiger partial charge >= 0.3 is 0 Å². The zero-order chi connectivity index (χ0) is 25.1. The topological polar surface area (TPSA) is 35.0 Å². The number of benzene rings is 1. The van der Waals surface area contributed by atoms with Gasteiger partial charge < -0.3 is 4.74 Å². The lowest BCUT2D eigenvalue weighted by Crippen LogP contribution is -2.09. The molecule has 2 unspecified atom stereocenters. The molecule has 1 heterocycles. The number of aromatic nitrogens is 2. The molecular formula is C30H46F2N2O. The van der Waals surface area contributed by atoms with Crippen molar-refractivity contribution in [3.8, 4) is 17.1 Å². The van der Waals surface area contributed by atoms with E-state index in [2.05, 4.69) is 16.9 Å². The van der Waals surface area contributed by atoms with Crippen molar-refractivity contribution in [2.24, 2.45) is 0 Å². The van der Waals surface area contributed by atoms with Crippen molar-refractivity contribution in [2.45, 2.75) is 123 Å². The summed E-state index contributed by atoms with van der Waals surface area (Å²) in [4.78, 5) is 9.08. The Bertz CT molecular complexity index is 767. The third-order valence-corrected chi connectivity index (χ3v) is 6.56. The second-order valence-electron chi connectivity index (χ2n) is 9.69. The summed E-state index contributed by atoms with van der Waals surface area (Å²) in [5.74, 6) is 1.41. The van der Waals surface area contributed by atoms with Crippen molar-refractivity contribution in [1.29, 1.82) is 0 Å². The summed E-state index contributed by atoms with van der Waals surface area (Å²) in [5, 5.41) is 0. The van der Waals surface area contributed by atoms with Crippen LogP contribution in [0.4, 0.5) is 8.78 Å². The number of nitrogens with zero attached hydrogens (tertiary/aromatic N) is 2. The van der Waals surface area contributed by atoms with Crippen LogP contribution in [0.5, 0.6) is 5.75 Å². The van der Waals surface area contributed by atoms with Gasteiger partial charge in [-0.25, -0.2) is 18.7 Å². The maximum Gasteiger partial charge on any atom is 0.159 e. The van der Waals surface area contributed by atoms with Gasteiger partial charge in [0.1, 0.15) is 11.9 Å². The minimum absolute atomic E-state index is 0.317. The minimum Gasteiger partial charge on any atom is -0.493 e. The second-order valence-corrected chi connectivity index (χ2v) is 9.69. The number of halogens is 2. The highest BCUT2D eigenvalue weighted by Crippen LogP contribution is 2.21. The van der Waals surface area contributed by atoms with Crippen LogP contribution in [0.2, 0.25) is 0 Å². The van der Waals surface area contributed by atoms with Crippen molar-refractivity contribution < 1.29 is 13.5 Å². The van der Waals surface area contributed by atoms with Gasteiger partial charge in [-0.3, -0.25) is 0 Å². The summed E-state index contributed by atoms with van der Waals surface area (Å²) in [6, 6.07) is 7.61.